The van der Waals surface area contributed by atoms with Crippen molar-refractivity contribution < 1.29 is 4.39 Å². The molecule has 1 nitrogen and oxygen atoms in total. The highest BCUT2D eigenvalue weighted by Gasteiger charge is 2.21. The zero-order chi connectivity index (χ0) is 15.6. The highest BCUT2D eigenvalue weighted by molar-refractivity contribution is 14.1. The molecular formula is C15H12Br2ClFIN. The average Bonchev–Trinajstić information content (AvgIpc) is 2.43. The van der Waals surface area contributed by atoms with Gasteiger partial charge in [0, 0.05) is 18.1 Å². The smallest absolute Gasteiger partial charge is 0.129 e. The molecule has 1 N–H and O–H groups in total. The van der Waals surface area contributed by atoms with Crippen molar-refractivity contribution in [3.05, 3.63) is 64.8 Å². The zero-order valence-corrected chi connectivity index (χ0v) is 17.1. The molecule has 112 valence electrons. The van der Waals surface area contributed by atoms with Gasteiger partial charge in [-0.2, -0.15) is 0 Å². The Morgan fingerprint density at radius 1 is 1.19 bits per heavy atom. The van der Waals surface area contributed by atoms with Gasteiger partial charge in [-0.05, 0) is 81.0 Å². The molecule has 0 aliphatic heterocycles. The monoisotopic (exact) mass is 545 g/mol. The van der Waals surface area contributed by atoms with Gasteiger partial charge in [0.05, 0.1) is 11.1 Å². The van der Waals surface area contributed by atoms with Crippen molar-refractivity contribution in [3.8, 4) is 0 Å². The Labute approximate surface area is 159 Å². The maximum atomic E-state index is 14.4. The van der Waals surface area contributed by atoms with Crippen LogP contribution in [0.5, 0.6) is 0 Å². The Morgan fingerprint density at radius 2 is 1.90 bits per heavy atom. The van der Waals surface area contributed by atoms with Crippen molar-refractivity contribution in [1.29, 1.82) is 0 Å². The Balaban J connectivity index is 2.58. The standard InChI is InChI=1S/C15H12Br2ClFIN/c1-2-21-15(9-5-8(20)3-4-11(9)16)10-6-13(18)12(17)7-14(10)19/h3-7,15,21H,2H2,1H3. The first-order valence-electron chi connectivity index (χ1n) is 6.26. The Morgan fingerprint density at radius 3 is 2.57 bits per heavy atom. The number of rotatable bonds is 4. The molecule has 0 spiro atoms. The fraction of sp³-hybridized carbons (Fsp3) is 0.200. The van der Waals surface area contributed by atoms with Crippen LogP contribution in [0.2, 0.25) is 5.02 Å². The molecule has 1 unspecified atom stereocenters. The van der Waals surface area contributed by atoms with Crippen molar-refractivity contribution in [3.63, 3.8) is 0 Å². The third-order valence-corrected chi connectivity index (χ3v) is 5.62. The molecule has 1 atom stereocenters. The van der Waals surface area contributed by atoms with E-state index in [0.717, 1.165) is 20.2 Å². The normalized spacial score (nSPS) is 12.5. The van der Waals surface area contributed by atoms with Crippen molar-refractivity contribution in [2.45, 2.75) is 13.0 Å². The van der Waals surface area contributed by atoms with Crippen LogP contribution in [0.4, 0.5) is 4.39 Å². The highest BCUT2D eigenvalue weighted by atomic mass is 127. The molecule has 2 aromatic carbocycles. The first-order valence-corrected chi connectivity index (χ1v) is 9.31. The van der Waals surface area contributed by atoms with Crippen LogP contribution in [0.1, 0.15) is 24.1 Å². The first-order chi connectivity index (χ1) is 9.93. The molecule has 0 saturated carbocycles. The first kappa shape index (κ1) is 17.7. The van der Waals surface area contributed by atoms with Crippen LogP contribution in [0, 0.1) is 9.39 Å². The fourth-order valence-corrected chi connectivity index (χ4v) is 3.56. The Kier molecular flexibility index (Phi) is 6.50. The minimum absolute atomic E-state index is 0.260. The lowest BCUT2D eigenvalue weighted by atomic mass is 9.98. The second-order valence-corrected chi connectivity index (χ2v) is 7.81. The van der Waals surface area contributed by atoms with Gasteiger partial charge in [0.1, 0.15) is 5.82 Å². The summed E-state index contributed by atoms with van der Waals surface area (Å²) in [6.45, 7) is 2.71. The summed E-state index contributed by atoms with van der Waals surface area (Å²) in [7, 11) is 0. The third-order valence-electron chi connectivity index (χ3n) is 3.03. The number of benzene rings is 2. The van der Waals surface area contributed by atoms with Gasteiger partial charge in [-0.15, -0.1) is 0 Å². The van der Waals surface area contributed by atoms with Crippen LogP contribution < -0.4 is 5.32 Å². The lowest BCUT2D eigenvalue weighted by molar-refractivity contribution is 0.557. The molecule has 0 aliphatic rings. The lowest BCUT2D eigenvalue weighted by Crippen LogP contribution is -2.23. The molecule has 0 radical (unpaired) electrons. The summed E-state index contributed by atoms with van der Waals surface area (Å²) in [4.78, 5) is 0. The van der Waals surface area contributed by atoms with E-state index in [1.54, 1.807) is 6.07 Å². The summed E-state index contributed by atoms with van der Waals surface area (Å²) < 4.78 is 17.0. The molecule has 0 amide bonds. The summed E-state index contributed by atoms with van der Waals surface area (Å²) in [6.07, 6.45) is 0. The summed E-state index contributed by atoms with van der Waals surface area (Å²) >= 11 is 15.2. The maximum absolute atomic E-state index is 14.4. The molecule has 21 heavy (non-hydrogen) atoms. The predicted molar refractivity (Wildman–Crippen MR) is 101 cm³/mol. The lowest BCUT2D eigenvalue weighted by Gasteiger charge is -2.21. The van der Waals surface area contributed by atoms with Crippen molar-refractivity contribution in [1.82, 2.24) is 5.32 Å². The molecule has 2 aromatic rings. The van der Waals surface area contributed by atoms with Crippen LogP contribution in [0.3, 0.4) is 0 Å². The van der Waals surface area contributed by atoms with E-state index in [-0.39, 0.29) is 11.9 Å². The van der Waals surface area contributed by atoms with Crippen LogP contribution in [0.15, 0.2) is 39.3 Å². The van der Waals surface area contributed by atoms with Crippen molar-refractivity contribution in [2.24, 2.45) is 0 Å². The minimum Gasteiger partial charge on any atom is -0.306 e. The Bertz CT molecular complexity index is 666. The average molecular weight is 547 g/mol. The van der Waals surface area contributed by atoms with E-state index in [9.17, 15) is 4.39 Å². The molecule has 0 saturated heterocycles. The van der Waals surface area contributed by atoms with E-state index < -0.39 is 0 Å². The van der Waals surface area contributed by atoms with Crippen LogP contribution in [0.25, 0.3) is 0 Å². The number of nitrogens with one attached hydrogen (secondary N) is 1. The quantitative estimate of drug-likeness (QED) is 0.350. The van der Waals surface area contributed by atoms with Crippen molar-refractivity contribution in [2.75, 3.05) is 6.54 Å². The third kappa shape index (κ3) is 4.19. The van der Waals surface area contributed by atoms with E-state index in [0.29, 0.717) is 15.1 Å². The van der Waals surface area contributed by atoms with Gasteiger partial charge in [0.25, 0.3) is 0 Å². The second-order valence-electron chi connectivity index (χ2n) is 4.44. The van der Waals surface area contributed by atoms with Crippen molar-refractivity contribution >= 4 is 66.1 Å². The van der Waals surface area contributed by atoms with Gasteiger partial charge < -0.3 is 5.32 Å². The Hall–Kier alpha value is 0.310. The molecule has 0 bridgehead atoms. The van der Waals surface area contributed by atoms with Gasteiger partial charge in [-0.1, -0.05) is 34.5 Å². The van der Waals surface area contributed by atoms with Gasteiger partial charge in [-0.25, -0.2) is 4.39 Å². The zero-order valence-electron chi connectivity index (χ0n) is 11.1. The maximum Gasteiger partial charge on any atom is 0.129 e. The molecule has 2 rings (SSSR count). The van der Waals surface area contributed by atoms with E-state index in [4.69, 9.17) is 11.6 Å². The molecule has 0 fully saturated rings. The SMILES string of the molecule is CCNC(c1cc(Cl)c(Br)cc1F)c1cc(I)ccc1Br. The van der Waals surface area contributed by atoms with Gasteiger partial charge in [-0.3, -0.25) is 0 Å². The molecule has 6 heteroatoms. The van der Waals surface area contributed by atoms with Crippen LogP contribution in [-0.4, -0.2) is 6.54 Å². The number of halogens is 5. The van der Waals surface area contributed by atoms with E-state index in [1.807, 2.05) is 25.1 Å². The van der Waals surface area contributed by atoms with Gasteiger partial charge >= 0.3 is 0 Å². The fourth-order valence-electron chi connectivity index (χ4n) is 2.09. The molecular weight excluding hydrogens is 535 g/mol. The number of hydrogen-bond acceptors (Lipinski definition) is 1. The molecule has 0 heterocycles. The summed E-state index contributed by atoms with van der Waals surface area (Å²) in [5.41, 5.74) is 1.52. The van der Waals surface area contributed by atoms with E-state index in [2.05, 4.69) is 59.8 Å². The second kappa shape index (κ2) is 7.73. The molecule has 0 aromatic heterocycles. The number of hydrogen-bond donors (Lipinski definition) is 1. The summed E-state index contributed by atoms with van der Waals surface area (Å²) in [5.74, 6) is -0.289. The van der Waals surface area contributed by atoms with Gasteiger partial charge in [0.2, 0.25) is 0 Å². The van der Waals surface area contributed by atoms with E-state index in [1.165, 1.54) is 6.07 Å². The van der Waals surface area contributed by atoms with E-state index >= 15 is 0 Å². The summed E-state index contributed by atoms with van der Waals surface area (Å²) in [6, 6.07) is 8.82. The largest absolute Gasteiger partial charge is 0.306 e. The molecule has 0 aliphatic carbocycles. The highest BCUT2D eigenvalue weighted by Crippen LogP contribution is 2.35. The topological polar surface area (TPSA) is 12.0 Å². The predicted octanol–water partition coefficient (Wildman–Crippen LogP) is 6.31. The van der Waals surface area contributed by atoms with Crippen LogP contribution >= 0.6 is 66.1 Å². The summed E-state index contributed by atoms with van der Waals surface area (Å²) in [5, 5.41) is 3.82. The van der Waals surface area contributed by atoms with Gasteiger partial charge in [0.15, 0.2) is 0 Å². The minimum atomic E-state index is -0.289. The van der Waals surface area contributed by atoms with Crippen LogP contribution in [-0.2, 0) is 0 Å².